The maximum absolute atomic E-state index is 11.6. The standard InChI is InChI=1S/2C6H7F3O3.2H2O.Zn/c2*1-2-3(5(11)12)4(10)6(7,8)9;;;/h2*3H,2H2,1H3,(H,11,12);2*1H2;/q;;;;+2/p-2. The Balaban J connectivity index is -0.000000108. The van der Waals surface area contributed by atoms with E-state index in [0.717, 1.165) is 0 Å². The molecule has 0 heterocycles. The van der Waals surface area contributed by atoms with Crippen LogP contribution in [0.3, 0.4) is 0 Å². The Morgan fingerprint density at radius 3 is 0.926 bits per heavy atom. The van der Waals surface area contributed by atoms with Gasteiger partial charge in [0.25, 0.3) is 0 Å². The first kappa shape index (κ1) is 36.3. The number of carboxylic acids is 2. The van der Waals surface area contributed by atoms with Gasteiger partial charge in [-0.15, -0.1) is 0 Å². The van der Waals surface area contributed by atoms with E-state index in [1.54, 1.807) is 0 Å². The molecular formula is C12H16F6O8Zn. The Kier molecular flexibility index (Phi) is 19.5. The van der Waals surface area contributed by atoms with Gasteiger partial charge in [-0.1, -0.05) is 13.8 Å². The first-order valence-corrected chi connectivity index (χ1v) is 6.24. The van der Waals surface area contributed by atoms with Crippen molar-refractivity contribution in [2.45, 2.75) is 39.0 Å². The third-order valence-electron chi connectivity index (χ3n) is 2.58. The number of halogens is 6. The van der Waals surface area contributed by atoms with Crippen LogP contribution in [-0.2, 0) is 38.7 Å². The Bertz CT molecular complexity index is 447. The van der Waals surface area contributed by atoms with E-state index < -0.39 is 60.5 Å². The number of hydrogen-bond donors (Lipinski definition) is 0. The van der Waals surface area contributed by atoms with E-state index in [9.17, 15) is 55.7 Å². The molecular weight excluding hydrogens is 452 g/mol. The molecule has 2 atom stereocenters. The van der Waals surface area contributed by atoms with Crippen LogP contribution < -0.4 is 10.2 Å². The van der Waals surface area contributed by atoms with Gasteiger partial charge in [0.05, 0.1) is 23.8 Å². The van der Waals surface area contributed by atoms with Gasteiger partial charge in [-0.2, -0.15) is 26.3 Å². The molecule has 15 heteroatoms. The first-order valence-electron chi connectivity index (χ1n) is 6.24. The smallest absolute Gasteiger partial charge is 0.549 e. The number of ketones is 2. The molecule has 0 rings (SSSR count). The van der Waals surface area contributed by atoms with Gasteiger partial charge >= 0.3 is 31.8 Å². The fraction of sp³-hybridized carbons (Fsp3) is 0.667. The van der Waals surface area contributed by atoms with Gasteiger partial charge < -0.3 is 30.8 Å². The predicted molar refractivity (Wildman–Crippen MR) is 66.9 cm³/mol. The molecule has 0 aromatic heterocycles. The van der Waals surface area contributed by atoms with Crippen molar-refractivity contribution in [3.63, 3.8) is 0 Å². The third-order valence-corrected chi connectivity index (χ3v) is 2.58. The average Bonchev–Trinajstić information content (AvgIpc) is 2.37. The molecule has 0 spiro atoms. The summed E-state index contributed by atoms with van der Waals surface area (Å²) in [4.78, 5) is 40.6. The van der Waals surface area contributed by atoms with Gasteiger partial charge in [-0.05, 0) is 12.8 Å². The van der Waals surface area contributed by atoms with Crippen molar-refractivity contribution in [1.82, 2.24) is 0 Å². The molecule has 4 N–H and O–H groups in total. The molecule has 8 nitrogen and oxygen atoms in total. The first-order chi connectivity index (χ1) is 10.6. The van der Waals surface area contributed by atoms with Crippen LogP contribution in [-0.4, -0.2) is 46.8 Å². The van der Waals surface area contributed by atoms with Crippen LogP contribution in [0.2, 0.25) is 0 Å². The second-order valence-corrected chi connectivity index (χ2v) is 4.28. The summed E-state index contributed by atoms with van der Waals surface area (Å²) >= 11 is 0. The Hall–Kier alpha value is -1.60. The molecule has 2 unspecified atom stereocenters. The minimum atomic E-state index is -5.10. The van der Waals surface area contributed by atoms with Crippen LogP contribution in [0.25, 0.3) is 0 Å². The summed E-state index contributed by atoms with van der Waals surface area (Å²) in [6.45, 7) is 2.34. The molecule has 0 aliphatic heterocycles. The van der Waals surface area contributed by atoms with Crippen molar-refractivity contribution >= 4 is 23.5 Å². The Labute approximate surface area is 161 Å². The van der Waals surface area contributed by atoms with Crippen molar-refractivity contribution in [3.05, 3.63) is 0 Å². The summed E-state index contributed by atoms with van der Waals surface area (Å²) in [5, 5.41) is 20.0. The summed E-state index contributed by atoms with van der Waals surface area (Å²) in [5.74, 6) is -12.6. The molecule has 0 aliphatic rings. The zero-order valence-corrected chi connectivity index (χ0v) is 17.0. The van der Waals surface area contributed by atoms with Crippen LogP contribution >= 0.6 is 0 Å². The van der Waals surface area contributed by atoms with Gasteiger partial charge in [-0.25, -0.2) is 0 Å². The molecule has 0 aliphatic carbocycles. The second kappa shape index (κ2) is 14.5. The fourth-order valence-electron chi connectivity index (χ4n) is 1.31. The number of alkyl halides is 6. The SMILES string of the molecule is CCC(C(=O)[O-])C(=O)C(F)(F)F.CCC(C(=O)[O-])C(=O)C(F)(F)F.O.O.[Zn+2]. The van der Waals surface area contributed by atoms with Crippen LogP contribution in [0.4, 0.5) is 26.3 Å². The van der Waals surface area contributed by atoms with Gasteiger partial charge in [0.1, 0.15) is 0 Å². The molecule has 0 saturated carbocycles. The number of Topliss-reactive ketones (excluding diaryl/α,β-unsaturated/α-hetero) is 2. The molecule has 0 amide bonds. The molecule has 27 heavy (non-hydrogen) atoms. The number of carbonyl (C=O) groups excluding carboxylic acids is 4. The third kappa shape index (κ3) is 13.3. The van der Waals surface area contributed by atoms with E-state index in [2.05, 4.69) is 0 Å². The van der Waals surface area contributed by atoms with Crippen molar-refractivity contribution in [3.8, 4) is 0 Å². The quantitative estimate of drug-likeness (QED) is 0.251. The largest absolute Gasteiger partial charge is 2.00 e. The minimum Gasteiger partial charge on any atom is -0.549 e. The summed E-state index contributed by atoms with van der Waals surface area (Å²) in [5.41, 5.74) is 0. The molecule has 0 aromatic rings. The van der Waals surface area contributed by atoms with Gasteiger partial charge in [0.2, 0.25) is 11.6 Å². The number of hydrogen-bond acceptors (Lipinski definition) is 6. The van der Waals surface area contributed by atoms with Crippen molar-refractivity contribution in [2.24, 2.45) is 11.8 Å². The molecule has 0 saturated heterocycles. The zero-order valence-electron chi connectivity index (χ0n) is 14.0. The van der Waals surface area contributed by atoms with Gasteiger partial charge in [0, 0.05) is 0 Å². The van der Waals surface area contributed by atoms with Crippen LogP contribution in [0.15, 0.2) is 0 Å². The van der Waals surface area contributed by atoms with E-state index in [1.165, 1.54) is 13.8 Å². The molecule has 0 radical (unpaired) electrons. The molecule has 156 valence electrons. The van der Waals surface area contributed by atoms with Gasteiger partial charge in [-0.3, -0.25) is 9.59 Å². The second-order valence-electron chi connectivity index (χ2n) is 4.28. The minimum absolute atomic E-state index is 0. The number of aliphatic carboxylic acids is 2. The Morgan fingerprint density at radius 1 is 0.704 bits per heavy atom. The Morgan fingerprint density at radius 2 is 0.889 bits per heavy atom. The van der Waals surface area contributed by atoms with Crippen LogP contribution in [0.5, 0.6) is 0 Å². The molecule has 0 fully saturated rings. The maximum atomic E-state index is 11.6. The van der Waals surface area contributed by atoms with Crippen molar-refractivity contribution in [2.75, 3.05) is 0 Å². The van der Waals surface area contributed by atoms with E-state index in [4.69, 9.17) is 0 Å². The zero-order chi connectivity index (χ0) is 19.9. The summed E-state index contributed by atoms with van der Waals surface area (Å²) in [6.07, 6.45) is -11.0. The monoisotopic (exact) mass is 466 g/mol. The average molecular weight is 468 g/mol. The number of carboxylic acid groups (broad SMARTS) is 2. The van der Waals surface area contributed by atoms with Crippen LogP contribution in [0, 0.1) is 11.8 Å². The molecule has 0 aromatic carbocycles. The summed E-state index contributed by atoms with van der Waals surface area (Å²) in [6, 6.07) is 0. The van der Waals surface area contributed by atoms with Crippen LogP contribution in [0.1, 0.15) is 26.7 Å². The maximum Gasteiger partial charge on any atom is 2.00 e. The van der Waals surface area contributed by atoms with E-state index in [1.807, 2.05) is 0 Å². The number of rotatable bonds is 6. The van der Waals surface area contributed by atoms with Crippen molar-refractivity contribution in [1.29, 1.82) is 0 Å². The molecule has 0 bridgehead atoms. The summed E-state index contributed by atoms with van der Waals surface area (Å²) in [7, 11) is 0. The van der Waals surface area contributed by atoms with E-state index >= 15 is 0 Å². The predicted octanol–water partition coefficient (Wildman–Crippen LogP) is -1.86. The fourth-order valence-corrected chi connectivity index (χ4v) is 1.31. The van der Waals surface area contributed by atoms with Gasteiger partial charge in [0.15, 0.2) is 0 Å². The number of carbonyl (C=O) groups is 4. The normalized spacial score (nSPS) is 12.4. The summed E-state index contributed by atoms with van der Waals surface area (Å²) < 4.78 is 69.6. The topological polar surface area (TPSA) is 177 Å². The van der Waals surface area contributed by atoms with Crippen molar-refractivity contribution < 1.29 is 86.2 Å². The van der Waals surface area contributed by atoms with E-state index in [-0.39, 0.29) is 30.4 Å². The van der Waals surface area contributed by atoms with E-state index in [0.29, 0.717) is 0 Å².